The summed E-state index contributed by atoms with van der Waals surface area (Å²) in [7, 11) is 0. The number of rotatable bonds is 0. The lowest BCUT2D eigenvalue weighted by Gasteiger charge is -2.02. The standard InChI is InChI=1S/2C11H8N2O.Mg.2H/c2*1-7-2-4-9-8(6-12)3-5-10(14)11(9)13-7;;;/h2*2-5,14H,1H3;;;. The Morgan fingerprint density at radius 2 is 1.03 bits per heavy atom. The highest BCUT2D eigenvalue weighted by Gasteiger charge is 2.06. The smallest absolute Gasteiger partial charge is 0.316 e. The number of phenolic OH excluding ortho intramolecular Hbond substituents is 2. The third kappa shape index (κ3) is 4.54. The zero-order chi connectivity index (χ0) is 20.3. The number of nitriles is 2. The summed E-state index contributed by atoms with van der Waals surface area (Å²) in [5.41, 5.74) is 3.69. The normalized spacial score (nSPS) is 9.66. The highest BCUT2D eigenvalue weighted by molar-refractivity contribution is 5.90. The van der Waals surface area contributed by atoms with Crippen LogP contribution in [0, 0.1) is 36.5 Å². The van der Waals surface area contributed by atoms with Crippen LogP contribution < -0.4 is 0 Å². The van der Waals surface area contributed by atoms with E-state index in [1.165, 1.54) is 12.1 Å². The molecule has 0 aliphatic carbocycles. The van der Waals surface area contributed by atoms with Gasteiger partial charge in [0.15, 0.2) is 0 Å². The van der Waals surface area contributed by atoms with Crippen molar-refractivity contribution in [2.75, 3.05) is 0 Å². The maximum absolute atomic E-state index is 9.54. The highest BCUT2D eigenvalue weighted by atomic mass is 24.3. The van der Waals surface area contributed by atoms with Crippen LogP contribution in [-0.4, -0.2) is 43.2 Å². The van der Waals surface area contributed by atoms with Gasteiger partial charge in [-0.3, -0.25) is 0 Å². The topological polar surface area (TPSA) is 114 Å². The summed E-state index contributed by atoms with van der Waals surface area (Å²) < 4.78 is 0. The van der Waals surface area contributed by atoms with Crippen molar-refractivity contribution < 1.29 is 10.2 Å². The number of aromatic nitrogens is 2. The first-order valence-electron chi connectivity index (χ1n) is 8.43. The van der Waals surface area contributed by atoms with Gasteiger partial charge in [0.1, 0.15) is 22.5 Å². The molecule has 0 fully saturated rings. The first-order valence-corrected chi connectivity index (χ1v) is 8.43. The number of aromatic hydroxyl groups is 2. The van der Waals surface area contributed by atoms with Crippen molar-refractivity contribution in [1.82, 2.24) is 9.97 Å². The summed E-state index contributed by atoms with van der Waals surface area (Å²) in [4.78, 5) is 8.37. The minimum absolute atomic E-state index is 0. The molecule has 2 aromatic carbocycles. The number of hydrogen-bond acceptors (Lipinski definition) is 6. The lowest BCUT2D eigenvalue weighted by Crippen LogP contribution is -1.86. The van der Waals surface area contributed by atoms with E-state index >= 15 is 0 Å². The van der Waals surface area contributed by atoms with Crippen molar-refractivity contribution in [3.8, 4) is 23.6 Å². The van der Waals surface area contributed by atoms with Crippen LogP contribution in [0.2, 0.25) is 0 Å². The molecule has 4 rings (SSSR count). The van der Waals surface area contributed by atoms with Crippen molar-refractivity contribution in [3.63, 3.8) is 0 Å². The Kier molecular flexibility index (Phi) is 6.95. The van der Waals surface area contributed by atoms with E-state index in [9.17, 15) is 10.2 Å². The van der Waals surface area contributed by atoms with Crippen molar-refractivity contribution in [2.45, 2.75) is 13.8 Å². The summed E-state index contributed by atoms with van der Waals surface area (Å²) >= 11 is 0. The van der Waals surface area contributed by atoms with Gasteiger partial charge in [-0.25, -0.2) is 9.97 Å². The monoisotopic (exact) mass is 394 g/mol. The lowest BCUT2D eigenvalue weighted by molar-refractivity contribution is 0.479. The predicted octanol–water partition coefficient (Wildman–Crippen LogP) is 3.32. The Morgan fingerprint density at radius 1 is 0.655 bits per heavy atom. The molecule has 2 heterocycles. The van der Waals surface area contributed by atoms with E-state index in [0.717, 1.165) is 11.4 Å². The summed E-state index contributed by atoms with van der Waals surface area (Å²) in [6.07, 6.45) is 0. The number of aryl methyl sites for hydroxylation is 2. The number of pyridine rings is 2. The second-order valence-corrected chi connectivity index (χ2v) is 6.19. The molecule has 0 unspecified atom stereocenters. The zero-order valence-corrected chi connectivity index (χ0v) is 15.3. The minimum Gasteiger partial charge on any atom is -0.506 e. The molecule has 0 atom stereocenters. The Hall–Kier alpha value is -3.39. The van der Waals surface area contributed by atoms with Crippen LogP contribution in [0.15, 0.2) is 48.5 Å². The van der Waals surface area contributed by atoms with Gasteiger partial charge in [-0.1, -0.05) is 0 Å². The van der Waals surface area contributed by atoms with E-state index < -0.39 is 0 Å². The fourth-order valence-corrected chi connectivity index (χ4v) is 2.80. The SMILES string of the molecule is Cc1ccc2c(C#N)ccc(O)c2n1.Cc1ccc2c(C#N)ccc(O)c2n1.[MgH2]. The molecule has 0 saturated carbocycles. The van der Waals surface area contributed by atoms with Crippen LogP contribution in [0.25, 0.3) is 21.8 Å². The molecule has 7 heteroatoms. The molecule has 0 saturated heterocycles. The Morgan fingerprint density at radius 3 is 1.38 bits per heavy atom. The van der Waals surface area contributed by atoms with Crippen molar-refractivity contribution in [3.05, 3.63) is 71.0 Å². The van der Waals surface area contributed by atoms with Crippen LogP contribution >= 0.6 is 0 Å². The number of hydrogen-bond donors (Lipinski definition) is 2. The number of phenols is 2. The fraction of sp³-hybridized carbons (Fsp3) is 0.0909. The second-order valence-electron chi connectivity index (χ2n) is 6.19. The third-order valence-electron chi connectivity index (χ3n) is 4.19. The first-order chi connectivity index (χ1) is 13.4. The van der Waals surface area contributed by atoms with E-state index in [-0.39, 0.29) is 34.6 Å². The lowest BCUT2D eigenvalue weighted by atomic mass is 10.1. The van der Waals surface area contributed by atoms with Crippen molar-refractivity contribution >= 4 is 44.9 Å². The van der Waals surface area contributed by atoms with Crippen LogP contribution in [-0.2, 0) is 0 Å². The Balaban J connectivity index is 0.000000200. The fourth-order valence-electron chi connectivity index (χ4n) is 2.80. The summed E-state index contributed by atoms with van der Waals surface area (Å²) in [5, 5.41) is 38.1. The molecular formula is C22H18MgN4O2. The summed E-state index contributed by atoms with van der Waals surface area (Å²) in [5.74, 6) is 0.227. The molecule has 0 aliphatic heterocycles. The Bertz CT molecular complexity index is 1190. The van der Waals surface area contributed by atoms with Gasteiger partial charge in [0.2, 0.25) is 0 Å². The summed E-state index contributed by atoms with van der Waals surface area (Å²) in [6.45, 7) is 3.69. The Labute approximate surface area is 183 Å². The van der Waals surface area contributed by atoms with Crippen molar-refractivity contribution in [2.24, 2.45) is 0 Å². The molecule has 0 amide bonds. The average molecular weight is 395 g/mol. The minimum atomic E-state index is 0. The largest absolute Gasteiger partial charge is 0.506 e. The van der Waals surface area contributed by atoms with Gasteiger partial charge in [-0.15, -0.1) is 0 Å². The third-order valence-corrected chi connectivity index (χ3v) is 4.19. The van der Waals surface area contributed by atoms with Crippen molar-refractivity contribution in [1.29, 1.82) is 10.5 Å². The van der Waals surface area contributed by atoms with Crippen LogP contribution in [0.5, 0.6) is 11.5 Å². The van der Waals surface area contributed by atoms with Gasteiger partial charge >= 0.3 is 23.1 Å². The second kappa shape index (κ2) is 9.20. The van der Waals surface area contributed by atoms with Gasteiger partial charge in [-0.2, -0.15) is 10.5 Å². The summed E-state index contributed by atoms with van der Waals surface area (Å²) in [6, 6.07) is 17.5. The maximum atomic E-state index is 9.54. The zero-order valence-electron chi connectivity index (χ0n) is 15.3. The van der Waals surface area contributed by atoms with Crippen LogP contribution in [0.1, 0.15) is 22.5 Å². The van der Waals surface area contributed by atoms with E-state index in [4.69, 9.17) is 10.5 Å². The van der Waals surface area contributed by atoms with E-state index in [0.29, 0.717) is 32.9 Å². The first kappa shape index (κ1) is 21.9. The molecule has 4 aromatic rings. The molecular weight excluding hydrogens is 377 g/mol. The van der Waals surface area contributed by atoms with Gasteiger partial charge in [-0.05, 0) is 62.4 Å². The quantitative estimate of drug-likeness (QED) is 0.442. The molecule has 29 heavy (non-hydrogen) atoms. The van der Waals surface area contributed by atoms with Gasteiger partial charge in [0.25, 0.3) is 0 Å². The molecule has 140 valence electrons. The predicted molar refractivity (Wildman–Crippen MR) is 114 cm³/mol. The maximum Gasteiger partial charge on any atom is 0.316 e. The molecule has 6 nitrogen and oxygen atoms in total. The van der Waals surface area contributed by atoms with Crippen LogP contribution in [0.3, 0.4) is 0 Å². The van der Waals surface area contributed by atoms with Crippen LogP contribution in [0.4, 0.5) is 0 Å². The molecule has 0 radical (unpaired) electrons. The van der Waals surface area contributed by atoms with Gasteiger partial charge in [0, 0.05) is 22.2 Å². The van der Waals surface area contributed by atoms with Gasteiger partial charge in [0.05, 0.1) is 23.3 Å². The van der Waals surface area contributed by atoms with E-state index in [1.807, 2.05) is 26.0 Å². The number of benzene rings is 2. The number of fused-ring (bicyclic) bond motifs is 2. The molecule has 0 bridgehead atoms. The molecule has 2 aromatic heterocycles. The molecule has 0 aliphatic rings. The van der Waals surface area contributed by atoms with E-state index in [2.05, 4.69) is 22.1 Å². The average Bonchev–Trinajstić information content (AvgIpc) is 2.70. The molecule has 0 spiro atoms. The number of nitrogens with zero attached hydrogens (tertiary/aromatic N) is 4. The van der Waals surface area contributed by atoms with E-state index in [1.54, 1.807) is 24.3 Å². The molecule has 2 N–H and O–H groups in total. The van der Waals surface area contributed by atoms with Gasteiger partial charge < -0.3 is 10.2 Å². The highest BCUT2D eigenvalue weighted by Crippen LogP contribution is 2.26.